The molecule has 0 atom stereocenters. The van der Waals surface area contributed by atoms with Crippen LogP contribution in [0.4, 0.5) is 5.88 Å². The van der Waals surface area contributed by atoms with Crippen LogP contribution >= 0.6 is 0 Å². The second-order valence-corrected chi connectivity index (χ2v) is 3.20. The Kier molecular flexibility index (Phi) is 2.37. The Labute approximate surface area is 82.1 Å². The zero-order valence-corrected chi connectivity index (χ0v) is 8.08. The Morgan fingerprint density at radius 2 is 2.36 bits per heavy atom. The van der Waals surface area contributed by atoms with Gasteiger partial charge in [0.1, 0.15) is 5.52 Å². The second-order valence-electron chi connectivity index (χ2n) is 3.20. The quantitative estimate of drug-likeness (QED) is 0.771. The van der Waals surface area contributed by atoms with Crippen LogP contribution < -0.4 is 11.1 Å². The first kappa shape index (κ1) is 9.02. The summed E-state index contributed by atoms with van der Waals surface area (Å²) in [7, 11) is 0. The monoisotopic (exact) mass is 191 g/mol. The molecule has 0 aliphatic heterocycles. The molecular formula is C10H13N3O. The largest absolute Gasteiger partial charge is 0.352 e. The van der Waals surface area contributed by atoms with Gasteiger partial charge in [-0.25, -0.2) is 0 Å². The third-order valence-corrected chi connectivity index (χ3v) is 2.14. The third kappa shape index (κ3) is 1.44. The normalized spacial score (nSPS) is 10.7. The molecule has 0 saturated carbocycles. The van der Waals surface area contributed by atoms with Crippen molar-refractivity contribution in [3.05, 3.63) is 23.8 Å². The van der Waals surface area contributed by atoms with Crippen LogP contribution in [0.15, 0.2) is 22.7 Å². The average molecular weight is 191 g/mol. The highest BCUT2D eigenvalue weighted by atomic mass is 16.5. The van der Waals surface area contributed by atoms with Crippen molar-refractivity contribution >= 4 is 16.8 Å². The molecule has 4 nitrogen and oxygen atoms in total. The number of nitrogens with two attached hydrogens (primary N) is 1. The summed E-state index contributed by atoms with van der Waals surface area (Å²) >= 11 is 0. The van der Waals surface area contributed by atoms with Gasteiger partial charge in [0, 0.05) is 13.1 Å². The van der Waals surface area contributed by atoms with Gasteiger partial charge in [0.15, 0.2) is 0 Å². The van der Waals surface area contributed by atoms with E-state index in [1.54, 1.807) is 0 Å². The van der Waals surface area contributed by atoms with Crippen molar-refractivity contribution in [2.75, 3.05) is 18.4 Å². The molecule has 0 aliphatic carbocycles. The van der Waals surface area contributed by atoms with Crippen LogP contribution in [-0.2, 0) is 0 Å². The molecule has 4 heteroatoms. The van der Waals surface area contributed by atoms with Gasteiger partial charge < -0.3 is 15.6 Å². The molecule has 1 heterocycles. The lowest BCUT2D eigenvalue weighted by Crippen LogP contribution is -2.12. The molecule has 2 rings (SSSR count). The van der Waals surface area contributed by atoms with E-state index in [2.05, 4.69) is 10.5 Å². The zero-order chi connectivity index (χ0) is 9.97. The highest BCUT2D eigenvalue weighted by Crippen LogP contribution is 2.25. The minimum Gasteiger partial charge on any atom is -0.352 e. The van der Waals surface area contributed by atoms with Gasteiger partial charge in [-0.15, -0.1) is 0 Å². The molecule has 1 aromatic heterocycles. The SMILES string of the molecule is Cc1cccc2noc(NCCN)c12. The molecule has 0 aliphatic rings. The van der Waals surface area contributed by atoms with E-state index in [1.807, 2.05) is 25.1 Å². The predicted octanol–water partition coefficient (Wildman–Crippen LogP) is 1.51. The predicted molar refractivity (Wildman–Crippen MR) is 56.3 cm³/mol. The number of rotatable bonds is 3. The molecule has 0 amide bonds. The summed E-state index contributed by atoms with van der Waals surface area (Å²) in [6.07, 6.45) is 0. The van der Waals surface area contributed by atoms with Crippen molar-refractivity contribution < 1.29 is 4.52 Å². The van der Waals surface area contributed by atoms with Crippen LogP contribution in [0, 0.1) is 6.92 Å². The van der Waals surface area contributed by atoms with E-state index >= 15 is 0 Å². The maximum atomic E-state index is 5.40. The first-order chi connectivity index (χ1) is 6.83. The van der Waals surface area contributed by atoms with Gasteiger partial charge in [-0.3, -0.25) is 0 Å². The first-order valence-corrected chi connectivity index (χ1v) is 4.62. The molecule has 0 bridgehead atoms. The average Bonchev–Trinajstić information content (AvgIpc) is 2.59. The molecule has 0 saturated heterocycles. The highest BCUT2D eigenvalue weighted by Gasteiger charge is 2.08. The molecule has 14 heavy (non-hydrogen) atoms. The standard InChI is InChI=1S/C10H13N3O/c1-7-3-2-4-8-9(7)10(14-13-8)12-6-5-11/h2-4,12H,5-6,11H2,1H3. The molecule has 0 radical (unpaired) electrons. The fraction of sp³-hybridized carbons (Fsp3) is 0.300. The molecule has 3 N–H and O–H groups in total. The summed E-state index contributed by atoms with van der Waals surface area (Å²) in [6, 6.07) is 5.93. The minimum absolute atomic E-state index is 0.577. The van der Waals surface area contributed by atoms with E-state index in [0.29, 0.717) is 19.0 Å². The van der Waals surface area contributed by atoms with E-state index in [-0.39, 0.29) is 0 Å². The maximum absolute atomic E-state index is 5.40. The summed E-state index contributed by atoms with van der Waals surface area (Å²) in [5.74, 6) is 0.712. The minimum atomic E-state index is 0.577. The lowest BCUT2D eigenvalue weighted by Gasteiger charge is -2.00. The van der Waals surface area contributed by atoms with Crippen molar-refractivity contribution in [3.8, 4) is 0 Å². The Balaban J connectivity index is 2.45. The number of aromatic nitrogens is 1. The zero-order valence-electron chi connectivity index (χ0n) is 8.08. The number of benzene rings is 1. The summed E-state index contributed by atoms with van der Waals surface area (Å²) < 4.78 is 5.18. The lowest BCUT2D eigenvalue weighted by atomic mass is 10.1. The van der Waals surface area contributed by atoms with E-state index < -0.39 is 0 Å². The Morgan fingerprint density at radius 1 is 1.50 bits per heavy atom. The van der Waals surface area contributed by atoms with Crippen molar-refractivity contribution in [3.63, 3.8) is 0 Å². The molecule has 0 fully saturated rings. The number of nitrogens with zero attached hydrogens (tertiary/aromatic N) is 1. The van der Waals surface area contributed by atoms with Gasteiger partial charge in [0.05, 0.1) is 5.39 Å². The molecule has 2 aromatic rings. The smallest absolute Gasteiger partial charge is 0.232 e. The number of anilines is 1. The molecular weight excluding hydrogens is 178 g/mol. The van der Waals surface area contributed by atoms with E-state index in [9.17, 15) is 0 Å². The summed E-state index contributed by atoms with van der Waals surface area (Å²) in [6.45, 7) is 3.31. The van der Waals surface area contributed by atoms with Gasteiger partial charge in [0.2, 0.25) is 5.88 Å². The first-order valence-electron chi connectivity index (χ1n) is 4.62. The second kappa shape index (κ2) is 3.67. The Morgan fingerprint density at radius 3 is 3.14 bits per heavy atom. The molecule has 74 valence electrons. The van der Waals surface area contributed by atoms with Crippen LogP contribution in [0.1, 0.15) is 5.56 Å². The van der Waals surface area contributed by atoms with Gasteiger partial charge in [-0.1, -0.05) is 17.3 Å². The van der Waals surface area contributed by atoms with Gasteiger partial charge in [-0.05, 0) is 18.6 Å². The highest BCUT2D eigenvalue weighted by molar-refractivity contribution is 5.91. The summed E-state index contributed by atoms with van der Waals surface area (Å²) in [5, 5.41) is 8.10. The summed E-state index contributed by atoms with van der Waals surface area (Å²) in [5.41, 5.74) is 7.44. The molecule has 1 aromatic carbocycles. The van der Waals surface area contributed by atoms with Crippen molar-refractivity contribution in [2.24, 2.45) is 5.73 Å². The summed E-state index contributed by atoms with van der Waals surface area (Å²) in [4.78, 5) is 0. The van der Waals surface area contributed by atoms with E-state index in [0.717, 1.165) is 16.5 Å². The van der Waals surface area contributed by atoms with E-state index in [1.165, 1.54) is 0 Å². The number of aryl methyl sites for hydroxylation is 1. The van der Waals surface area contributed by atoms with Crippen LogP contribution in [0.5, 0.6) is 0 Å². The van der Waals surface area contributed by atoms with Crippen LogP contribution in [0.25, 0.3) is 10.9 Å². The van der Waals surface area contributed by atoms with Gasteiger partial charge in [-0.2, -0.15) is 0 Å². The fourth-order valence-corrected chi connectivity index (χ4v) is 1.47. The van der Waals surface area contributed by atoms with Gasteiger partial charge in [0.25, 0.3) is 0 Å². The Hall–Kier alpha value is -1.55. The van der Waals surface area contributed by atoms with Crippen molar-refractivity contribution in [2.45, 2.75) is 6.92 Å². The van der Waals surface area contributed by atoms with Crippen molar-refractivity contribution in [1.82, 2.24) is 5.16 Å². The number of hydrogen-bond donors (Lipinski definition) is 2. The number of nitrogens with one attached hydrogen (secondary N) is 1. The number of fused-ring (bicyclic) bond motifs is 1. The van der Waals surface area contributed by atoms with Crippen LogP contribution in [0.2, 0.25) is 0 Å². The fourth-order valence-electron chi connectivity index (χ4n) is 1.47. The third-order valence-electron chi connectivity index (χ3n) is 2.14. The van der Waals surface area contributed by atoms with Crippen LogP contribution in [-0.4, -0.2) is 18.2 Å². The van der Waals surface area contributed by atoms with Crippen molar-refractivity contribution in [1.29, 1.82) is 0 Å². The van der Waals surface area contributed by atoms with E-state index in [4.69, 9.17) is 10.3 Å². The lowest BCUT2D eigenvalue weighted by molar-refractivity contribution is 0.441. The van der Waals surface area contributed by atoms with Crippen LogP contribution in [0.3, 0.4) is 0 Å². The molecule has 0 unspecified atom stereocenters. The number of hydrogen-bond acceptors (Lipinski definition) is 4. The van der Waals surface area contributed by atoms with Gasteiger partial charge >= 0.3 is 0 Å². The topological polar surface area (TPSA) is 64.1 Å². The Bertz CT molecular complexity index is 436. The maximum Gasteiger partial charge on any atom is 0.232 e. The molecule has 0 spiro atoms.